The summed E-state index contributed by atoms with van der Waals surface area (Å²) in [6.07, 6.45) is 1.39. The number of benzene rings is 2. The molecule has 0 radical (unpaired) electrons. The molecular formula is C18H11F2N5O3. The van der Waals surface area contributed by atoms with Gasteiger partial charge in [0.1, 0.15) is 17.2 Å². The number of aromatic nitrogens is 4. The Balaban J connectivity index is 1.50. The number of hydrogen-bond acceptors (Lipinski definition) is 5. The lowest BCUT2D eigenvalue weighted by atomic mass is 10.2. The first-order valence-electron chi connectivity index (χ1n) is 8.19. The molecule has 1 aliphatic rings. The van der Waals surface area contributed by atoms with E-state index in [-0.39, 0.29) is 18.2 Å². The Kier molecular flexibility index (Phi) is 3.51. The monoisotopic (exact) mass is 383 g/mol. The standard InChI is InChI=1S/C18H11F2N5O3/c19-8-2-1-3-9(20)15(8)18(26)24-12-6-21-25-16(12)17-22-10-4-13-14(28-7-27-13)5-11(10)23-17/h1-6H,7H2,(H,21,25)(H,22,23)(H,24,26). The predicted octanol–water partition coefficient (Wildman–Crippen LogP) is 3.21. The highest BCUT2D eigenvalue weighted by atomic mass is 19.1. The lowest BCUT2D eigenvalue weighted by Crippen LogP contribution is -2.16. The number of aromatic amines is 2. The lowest BCUT2D eigenvalue weighted by molar-refractivity contribution is 0.101. The summed E-state index contributed by atoms with van der Waals surface area (Å²) >= 11 is 0. The number of nitrogens with one attached hydrogen (secondary N) is 3. The van der Waals surface area contributed by atoms with E-state index in [1.54, 1.807) is 12.1 Å². The van der Waals surface area contributed by atoms with Crippen LogP contribution in [-0.2, 0) is 0 Å². The minimum Gasteiger partial charge on any atom is -0.454 e. The summed E-state index contributed by atoms with van der Waals surface area (Å²) in [5.74, 6) is -1.33. The first-order valence-corrected chi connectivity index (χ1v) is 8.19. The molecule has 140 valence electrons. The van der Waals surface area contributed by atoms with Crippen molar-refractivity contribution < 1.29 is 23.0 Å². The number of H-pyrrole nitrogens is 2. The van der Waals surface area contributed by atoms with E-state index >= 15 is 0 Å². The van der Waals surface area contributed by atoms with Gasteiger partial charge in [0.05, 0.1) is 16.7 Å². The predicted molar refractivity (Wildman–Crippen MR) is 94.1 cm³/mol. The van der Waals surface area contributed by atoms with Crippen molar-refractivity contribution in [1.29, 1.82) is 0 Å². The topological polar surface area (TPSA) is 105 Å². The molecule has 0 aliphatic carbocycles. The second kappa shape index (κ2) is 6.05. The van der Waals surface area contributed by atoms with Crippen LogP contribution in [0.3, 0.4) is 0 Å². The second-order valence-corrected chi connectivity index (χ2v) is 6.01. The van der Waals surface area contributed by atoms with E-state index < -0.39 is 23.1 Å². The molecule has 2 aromatic carbocycles. The van der Waals surface area contributed by atoms with E-state index in [0.717, 1.165) is 12.1 Å². The fourth-order valence-corrected chi connectivity index (χ4v) is 2.98. The molecule has 0 saturated heterocycles. The van der Waals surface area contributed by atoms with Crippen LogP contribution >= 0.6 is 0 Å². The van der Waals surface area contributed by atoms with Gasteiger partial charge in [0.25, 0.3) is 5.91 Å². The Labute approximate surface area is 155 Å². The largest absolute Gasteiger partial charge is 0.454 e. The summed E-state index contributed by atoms with van der Waals surface area (Å²) in [6, 6.07) is 6.67. The average molecular weight is 383 g/mol. The van der Waals surface area contributed by atoms with Gasteiger partial charge >= 0.3 is 0 Å². The number of nitrogens with zero attached hydrogens (tertiary/aromatic N) is 2. The van der Waals surface area contributed by atoms with Gasteiger partial charge in [-0.25, -0.2) is 13.8 Å². The van der Waals surface area contributed by atoms with Gasteiger partial charge in [0.15, 0.2) is 23.0 Å². The van der Waals surface area contributed by atoms with Crippen molar-refractivity contribution >= 4 is 22.6 Å². The van der Waals surface area contributed by atoms with Gasteiger partial charge in [-0.05, 0) is 12.1 Å². The van der Waals surface area contributed by atoms with Gasteiger partial charge in [-0.3, -0.25) is 9.89 Å². The smallest absolute Gasteiger partial charge is 0.261 e. The molecule has 0 bridgehead atoms. The van der Waals surface area contributed by atoms with E-state index in [1.165, 1.54) is 12.3 Å². The summed E-state index contributed by atoms with van der Waals surface area (Å²) in [6.45, 7) is 0.150. The van der Waals surface area contributed by atoms with E-state index in [1.807, 2.05) is 0 Å². The number of halogens is 2. The van der Waals surface area contributed by atoms with Crippen LogP contribution in [0.5, 0.6) is 11.5 Å². The van der Waals surface area contributed by atoms with Gasteiger partial charge in [0.2, 0.25) is 6.79 Å². The number of carbonyl (C=O) groups excluding carboxylic acids is 1. The summed E-state index contributed by atoms with van der Waals surface area (Å²) in [4.78, 5) is 19.9. The van der Waals surface area contributed by atoms with Crippen molar-refractivity contribution in [3.8, 4) is 23.0 Å². The molecule has 1 aliphatic heterocycles. The number of rotatable bonds is 3. The summed E-state index contributed by atoms with van der Waals surface area (Å²) in [5.41, 5.74) is 1.11. The van der Waals surface area contributed by atoms with E-state index in [4.69, 9.17) is 9.47 Å². The zero-order valence-corrected chi connectivity index (χ0v) is 14.0. The number of hydrogen-bond donors (Lipinski definition) is 3. The number of fused-ring (bicyclic) bond motifs is 2. The first kappa shape index (κ1) is 16.2. The molecule has 0 saturated carbocycles. The molecule has 0 unspecified atom stereocenters. The SMILES string of the molecule is O=C(Nc1c[nH]nc1-c1nc2cc3c(cc2[nH]1)OCO3)c1c(F)cccc1F. The molecule has 8 nitrogen and oxygen atoms in total. The molecular weight excluding hydrogens is 372 g/mol. The third kappa shape index (κ3) is 2.54. The molecule has 1 amide bonds. The van der Waals surface area contributed by atoms with Crippen molar-refractivity contribution in [3.05, 3.63) is 53.7 Å². The highest BCUT2D eigenvalue weighted by Gasteiger charge is 2.22. The van der Waals surface area contributed by atoms with Crippen molar-refractivity contribution in [3.63, 3.8) is 0 Å². The van der Waals surface area contributed by atoms with E-state index in [0.29, 0.717) is 28.4 Å². The molecule has 3 heterocycles. The maximum Gasteiger partial charge on any atom is 0.261 e. The van der Waals surface area contributed by atoms with Crippen molar-refractivity contribution in [1.82, 2.24) is 20.2 Å². The molecule has 5 rings (SSSR count). The van der Waals surface area contributed by atoms with E-state index in [9.17, 15) is 13.6 Å². The summed E-state index contributed by atoms with van der Waals surface area (Å²) in [7, 11) is 0. The molecule has 4 aromatic rings. The fourth-order valence-electron chi connectivity index (χ4n) is 2.98. The number of ether oxygens (including phenoxy) is 2. The molecule has 3 N–H and O–H groups in total. The zero-order chi connectivity index (χ0) is 19.3. The van der Waals surface area contributed by atoms with Crippen LogP contribution in [0, 0.1) is 11.6 Å². The van der Waals surface area contributed by atoms with Crippen LogP contribution in [-0.4, -0.2) is 32.9 Å². The van der Waals surface area contributed by atoms with Crippen molar-refractivity contribution in [2.75, 3.05) is 12.1 Å². The number of anilines is 1. The third-order valence-corrected chi connectivity index (χ3v) is 4.28. The quantitative estimate of drug-likeness (QED) is 0.504. The lowest BCUT2D eigenvalue weighted by Gasteiger charge is -2.06. The van der Waals surface area contributed by atoms with Crippen LogP contribution in [0.15, 0.2) is 36.5 Å². The van der Waals surface area contributed by atoms with Crippen LogP contribution in [0.1, 0.15) is 10.4 Å². The molecule has 2 aromatic heterocycles. The molecule has 28 heavy (non-hydrogen) atoms. The third-order valence-electron chi connectivity index (χ3n) is 4.28. The minimum atomic E-state index is -0.958. The summed E-state index contributed by atoms with van der Waals surface area (Å²) < 4.78 is 38.3. The Hall–Kier alpha value is -3.95. The Morgan fingerprint density at radius 2 is 1.89 bits per heavy atom. The summed E-state index contributed by atoms with van der Waals surface area (Å²) in [5, 5.41) is 9.13. The van der Waals surface area contributed by atoms with Crippen molar-refractivity contribution in [2.45, 2.75) is 0 Å². The Bertz CT molecular complexity index is 1170. The Morgan fingerprint density at radius 3 is 2.68 bits per heavy atom. The van der Waals surface area contributed by atoms with Gasteiger partial charge in [-0.1, -0.05) is 6.07 Å². The highest BCUT2D eigenvalue weighted by Crippen LogP contribution is 2.36. The number of carbonyl (C=O) groups is 1. The second-order valence-electron chi connectivity index (χ2n) is 6.01. The molecule has 0 fully saturated rings. The van der Waals surface area contributed by atoms with Crippen molar-refractivity contribution in [2.24, 2.45) is 0 Å². The van der Waals surface area contributed by atoms with Gasteiger partial charge in [-0.2, -0.15) is 5.10 Å². The van der Waals surface area contributed by atoms with Gasteiger partial charge in [-0.15, -0.1) is 0 Å². The number of amides is 1. The normalized spacial score (nSPS) is 12.5. The van der Waals surface area contributed by atoms with Crippen LogP contribution in [0.4, 0.5) is 14.5 Å². The molecule has 0 atom stereocenters. The highest BCUT2D eigenvalue weighted by molar-refractivity contribution is 6.06. The molecule has 10 heteroatoms. The van der Waals surface area contributed by atoms with Crippen LogP contribution in [0.2, 0.25) is 0 Å². The molecule has 0 spiro atoms. The van der Waals surface area contributed by atoms with E-state index in [2.05, 4.69) is 25.5 Å². The van der Waals surface area contributed by atoms with Crippen LogP contribution < -0.4 is 14.8 Å². The zero-order valence-electron chi connectivity index (χ0n) is 14.0. The fraction of sp³-hybridized carbons (Fsp3) is 0.0556. The van der Waals surface area contributed by atoms with Gasteiger partial charge in [0, 0.05) is 18.3 Å². The first-order chi connectivity index (χ1) is 13.6. The number of imidazole rings is 1. The van der Waals surface area contributed by atoms with Gasteiger partial charge < -0.3 is 19.8 Å². The van der Waals surface area contributed by atoms with Crippen LogP contribution in [0.25, 0.3) is 22.6 Å². The maximum absolute atomic E-state index is 13.8. The Morgan fingerprint density at radius 1 is 1.14 bits per heavy atom. The maximum atomic E-state index is 13.8. The average Bonchev–Trinajstić information content (AvgIpc) is 3.37. The minimum absolute atomic E-state index is 0.150.